The number of rotatable bonds is 2. The molecule has 0 fully saturated rings. The van der Waals surface area contributed by atoms with Crippen LogP contribution in [0, 0.1) is 6.92 Å². The molecular formula is C9H7N3OS. The number of aromatic nitrogens is 3. The van der Waals surface area contributed by atoms with Crippen molar-refractivity contribution in [2.75, 3.05) is 0 Å². The van der Waals surface area contributed by atoms with E-state index in [0.717, 1.165) is 11.5 Å². The van der Waals surface area contributed by atoms with E-state index in [1.165, 1.54) is 0 Å². The summed E-state index contributed by atoms with van der Waals surface area (Å²) in [6.45, 7) is 1.77. The summed E-state index contributed by atoms with van der Waals surface area (Å²) in [6, 6.07) is 3.46. The van der Waals surface area contributed by atoms with Crippen LogP contribution >= 0.6 is 11.5 Å². The van der Waals surface area contributed by atoms with Crippen molar-refractivity contribution in [3.8, 4) is 0 Å². The molecule has 70 valence electrons. The Labute approximate surface area is 84.8 Å². The van der Waals surface area contributed by atoms with Gasteiger partial charge in [-0.25, -0.2) is 0 Å². The zero-order valence-corrected chi connectivity index (χ0v) is 8.28. The summed E-state index contributed by atoms with van der Waals surface area (Å²) in [6.07, 6.45) is 3.18. The van der Waals surface area contributed by atoms with Crippen LogP contribution < -0.4 is 0 Å². The van der Waals surface area contributed by atoms with E-state index in [9.17, 15) is 4.79 Å². The van der Waals surface area contributed by atoms with Gasteiger partial charge in [-0.2, -0.15) is 0 Å². The van der Waals surface area contributed by atoms with Crippen molar-refractivity contribution in [2.45, 2.75) is 6.92 Å². The van der Waals surface area contributed by atoms with Crippen LogP contribution in [0.25, 0.3) is 0 Å². The molecule has 2 aromatic heterocycles. The van der Waals surface area contributed by atoms with Crippen LogP contribution in [0.2, 0.25) is 0 Å². The maximum absolute atomic E-state index is 11.8. The topological polar surface area (TPSA) is 55.7 Å². The van der Waals surface area contributed by atoms with Crippen molar-refractivity contribution in [3.05, 3.63) is 40.7 Å². The first-order chi connectivity index (χ1) is 6.79. The van der Waals surface area contributed by atoms with Crippen molar-refractivity contribution in [3.63, 3.8) is 0 Å². The highest BCUT2D eigenvalue weighted by atomic mass is 32.1. The van der Waals surface area contributed by atoms with Gasteiger partial charge >= 0.3 is 0 Å². The molecule has 0 radical (unpaired) electrons. The fourth-order valence-corrected chi connectivity index (χ4v) is 1.69. The minimum absolute atomic E-state index is 0.0643. The third kappa shape index (κ3) is 1.54. The van der Waals surface area contributed by atoms with Gasteiger partial charge in [-0.1, -0.05) is 4.49 Å². The SMILES string of the molecule is Cc1nnsc1C(=O)c1cccnc1. The Balaban J connectivity index is 2.39. The van der Waals surface area contributed by atoms with Crippen LogP contribution in [0.4, 0.5) is 0 Å². The van der Waals surface area contributed by atoms with Crippen molar-refractivity contribution < 1.29 is 4.79 Å². The summed E-state index contributed by atoms with van der Waals surface area (Å²) in [4.78, 5) is 16.3. The Morgan fingerprint density at radius 1 is 1.50 bits per heavy atom. The minimum atomic E-state index is -0.0643. The van der Waals surface area contributed by atoms with Crippen LogP contribution in [0.3, 0.4) is 0 Å². The fourth-order valence-electron chi connectivity index (χ4n) is 1.07. The Kier molecular flexibility index (Phi) is 2.32. The van der Waals surface area contributed by atoms with E-state index < -0.39 is 0 Å². The Morgan fingerprint density at radius 3 is 2.93 bits per heavy atom. The standard InChI is InChI=1S/C9H7N3OS/c1-6-9(14-12-11-6)8(13)7-3-2-4-10-5-7/h2-5H,1H3. The monoisotopic (exact) mass is 205 g/mol. The molecule has 0 aliphatic rings. The molecule has 2 heterocycles. The van der Waals surface area contributed by atoms with Gasteiger partial charge in [-0.3, -0.25) is 9.78 Å². The molecule has 0 aliphatic carbocycles. The van der Waals surface area contributed by atoms with Crippen molar-refractivity contribution in [2.24, 2.45) is 0 Å². The molecule has 14 heavy (non-hydrogen) atoms. The molecule has 5 heteroatoms. The third-order valence-corrected chi connectivity index (χ3v) is 2.61. The number of ketones is 1. The number of carbonyl (C=O) groups excluding carboxylic acids is 1. The molecule has 0 bridgehead atoms. The number of hydrogen-bond acceptors (Lipinski definition) is 5. The summed E-state index contributed by atoms with van der Waals surface area (Å²) in [5.74, 6) is -0.0643. The first kappa shape index (κ1) is 8.96. The van der Waals surface area contributed by atoms with Gasteiger partial charge in [0.15, 0.2) is 0 Å². The largest absolute Gasteiger partial charge is 0.287 e. The van der Waals surface area contributed by atoms with Gasteiger partial charge in [0.2, 0.25) is 5.78 Å². The number of pyridine rings is 1. The molecule has 4 nitrogen and oxygen atoms in total. The summed E-state index contributed by atoms with van der Waals surface area (Å²) < 4.78 is 3.72. The predicted molar refractivity (Wildman–Crippen MR) is 52.3 cm³/mol. The molecule has 0 atom stereocenters. The highest BCUT2D eigenvalue weighted by Gasteiger charge is 2.14. The first-order valence-electron chi connectivity index (χ1n) is 4.02. The molecule has 0 amide bonds. The van der Waals surface area contributed by atoms with E-state index in [2.05, 4.69) is 14.6 Å². The summed E-state index contributed by atoms with van der Waals surface area (Å²) >= 11 is 1.11. The minimum Gasteiger partial charge on any atom is -0.287 e. The van der Waals surface area contributed by atoms with Crippen molar-refractivity contribution >= 4 is 17.3 Å². The normalized spacial score (nSPS) is 10.1. The average Bonchev–Trinajstić information content (AvgIpc) is 2.65. The van der Waals surface area contributed by atoms with Gasteiger partial charge in [0.05, 0.1) is 5.69 Å². The predicted octanol–water partition coefficient (Wildman–Crippen LogP) is 1.47. The van der Waals surface area contributed by atoms with E-state index in [4.69, 9.17) is 0 Å². The van der Waals surface area contributed by atoms with Gasteiger partial charge in [0.25, 0.3) is 0 Å². The summed E-state index contributed by atoms with van der Waals surface area (Å²) in [7, 11) is 0. The van der Waals surface area contributed by atoms with Gasteiger partial charge < -0.3 is 0 Å². The fraction of sp³-hybridized carbons (Fsp3) is 0.111. The van der Waals surface area contributed by atoms with Crippen LogP contribution in [-0.4, -0.2) is 20.4 Å². The lowest BCUT2D eigenvalue weighted by molar-refractivity contribution is 0.104. The van der Waals surface area contributed by atoms with E-state index in [1.54, 1.807) is 31.5 Å². The highest BCUT2D eigenvalue weighted by molar-refractivity contribution is 7.08. The number of nitrogens with zero attached hydrogens (tertiary/aromatic N) is 3. The van der Waals surface area contributed by atoms with E-state index in [-0.39, 0.29) is 5.78 Å². The van der Waals surface area contributed by atoms with E-state index >= 15 is 0 Å². The average molecular weight is 205 g/mol. The molecule has 0 aromatic carbocycles. The Morgan fingerprint density at radius 2 is 2.36 bits per heavy atom. The molecule has 0 aliphatic heterocycles. The molecule has 0 N–H and O–H groups in total. The number of hydrogen-bond donors (Lipinski definition) is 0. The highest BCUT2D eigenvalue weighted by Crippen LogP contribution is 2.14. The number of aryl methyl sites for hydroxylation is 1. The molecule has 2 rings (SSSR count). The Hall–Kier alpha value is -1.62. The molecular weight excluding hydrogens is 198 g/mol. The van der Waals surface area contributed by atoms with Gasteiger partial charge in [0, 0.05) is 18.0 Å². The van der Waals surface area contributed by atoms with Gasteiger partial charge in [-0.05, 0) is 30.6 Å². The molecule has 0 saturated carbocycles. The van der Waals surface area contributed by atoms with Crippen LogP contribution in [0.1, 0.15) is 20.9 Å². The zero-order valence-electron chi connectivity index (χ0n) is 7.47. The second-order valence-electron chi connectivity index (χ2n) is 2.76. The molecule has 0 saturated heterocycles. The van der Waals surface area contributed by atoms with Crippen LogP contribution in [0.5, 0.6) is 0 Å². The molecule has 2 aromatic rings. The number of carbonyl (C=O) groups is 1. The summed E-state index contributed by atoms with van der Waals surface area (Å²) in [5, 5.41) is 3.79. The Bertz CT molecular complexity index is 452. The van der Waals surface area contributed by atoms with Crippen LogP contribution in [0.15, 0.2) is 24.5 Å². The maximum Gasteiger partial charge on any atom is 0.208 e. The first-order valence-corrected chi connectivity index (χ1v) is 4.80. The third-order valence-electron chi connectivity index (χ3n) is 1.78. The summed E-state index contributed by atoms with van der Waals surface area (Å²) in [5.41, 5.74) is 1.24. The molecule has 0 spiro atoms. The molecule has 0 unspecified atom stereocenters. The lowest BCUT2D eigenvalue weighted by Crippen LogP contribution is -2.00. The second kappa shape index (κ2) is 3.63. The van der Waals surface area contributed by atoms with Crippen molar-refractivity contribution in [1.29, 1.82) is 0 Å². The van der Waals surface area contributed by atoms with E-state index in [0.29, 0.717) is 16.1 Å². The lowest BCUT2D eigenvalue weighted by atomic mass is 10.1. The van der Waals surface area contributed by atoms with Crippen LogP contribution in [-0.2, 0) is 0 Å². The van der Waals surface area contributed by atoms with Crippen molar-refractivity contribution in [1.82, 2.24) is 14.6 Å². The van der Waals surface area contributed by atoms with Gasteiger partial charge in [-0.15, -0.1) is 5.10 Å². The van der Waals surface area contributed by atoms with E-state index in [1.807, 2.05) is 0 Å². The zero-order chi connectivity index (χ0) is 9.97. The quantitative estimate of drug-likeness (QED) is 0.697. The van der Waals surface area contributed by atoms with Gasteiger partial charge in [0.1, 0.15) is 4.88 Å². The lowest BCUT2D eigenvalue weighted by Gasteiger charge is -1.95. The maximum atomic E-state index is 11.8. The smallest absolute Gasteiger partial charge is 0.208 e. The second-order valence-corrected chi connectivity index (χ2v) is 3.51.